The summed E-state index contributed by atoms with van der Waals surface area (Å²) in [5, 5.41) is 0. The Kier molecular flexibility index (Phi) is 3.90. The van der Waals surface area contributed by atoms with E-state index in [-0.39, 0.29) is 23.5 Å². The van der Waals surface area contributed by atoms with Crippen LogP contribution in [0.25, 0.3) is 0 Å². The summed E-state index contributed by atoms with van der Waals surface area (Å²) in [4.78, 5) is 11.9. The van der Waals surface area contributed by atoms with E-state index < -0.39 is 11.6 Å². The first-order valence-electron chi connectivity index (χ1n) is 5.72. The lowest BCUT2D eigenvalue weighted by Gasteiger charge is -2.07. The lowest BCUT2D eigenvalue weighted by molar-refractivity contribution is 0.0991. The van der Waals surface area contributed by atoms with E-state index in [0.29, 0.717) is 5.56 Å². The molecule has 98 valence electrons. The fourth-order valence-electron chi connectivity index (χ4n) is 1.76. The van der Waals surface area contributed by atoms with Crippen molar-refractivity contribution < 1.29 is 18.3 Å². The second-order valence-corrected chi connectivity index (χ2v) is 4.04. The van der Waals surface area contributed by atoms with Crippen LogP contribution in [0, 0.1) is 11.6 Å². The topological polar surface area (TPSA) is 26.3 Å². The molecule has 0 saturated carbocycles. The molecule has 2 nitrogen and oxygen atoms in total. The first kappa shape index (κ1) is 13.2. The molecule has 0 spiro atoms. The van der Waals surface area contributed by atoms with Gasteiger partial charge in [0, 0.05) is 12.0 Å². The maximum Gasteiger partial charge on any atom is 0.168 e. The second kappa shape index (κ2) is 5.61. The summed E-state index contributed by atoms with van der Waals surface area (Å²) in [5.74, 6) is -1.12. The molecule has 0 radical (unpaired) electrons. The molecule has 0 fully saturated rings. The van der Waals surface area contributed by atoms with Gasteiger partial charge in [-0.25, -0.2) is 8.78 Å². The molecule has 0 amide bonds. The monoisotopic (exact) mass is 262 g/mol. The Labute approximate surface area is 109 Å². The van der Waals surface area contributed by atoms with Gasteiger partial charge in [-0.15, -0.1) is 0 Å². The fraction of sp³-hybridized carbons (Fsp3) is 0.133. The Balaban J connectivity index is 2.21. The van der Waals surface area contributed by atoms with Gasteiger partial charge in [-0.05, 0) is 35.9 Å². The van der Waals surface area contributed by atoms with Gasteiger partial charge in [0.2, 0.25) is 0 Å². The summed E-state index contributed by atoms with van der Waals surface area (Å²) in [7, 11) is 1.37. The van der Waals surface area contributed by atoms with Crippen LogP contribution in [0.4, 0.5) is 8.78 Å². The highest BCUT2D eigenvalue weighted by molar-refractivity contribution is 5.97. The van der Waals surface area contributed by atoms with Crippen LogP contribution in [0.5, 0.6) is 5.75 Å². The SMILES string of the molecule is COc1cccc(CC(=O)c2ccc(F)cc2)c1F. The minimum absolute atomic E-state index is 0.0886. The zero-order valence-corrected chi connectivity index (χ0v) is 10.3. The largest absolute Gasteiger partial charge is 0.494 e. The summed E-state index contributed by atoms with van der Waals surface area (Å²) in [5.41, 5.74) is 0.609. The van der Waals surface area contributed by atoms with Gasteiger partial charge in [-0.1, -0.05) is 12.1 Å². The highest BCUT2D eigenvalue weighted by Crippen LogP contribution is 2.21. The molecule has 0 aromatic heterocycles. The number of carbonyl (C=O) groups is 1. The standard InChI is InChI=1S/C15H12F2O2/c1-19-14-4-2-3-11(15(14)17)9-13(18)10-5-7-12(16)8-6-10/h2-8H,9H2,1H3. The molecule has 0 unspecified atom stereocenters. The predicted octanol–water partition coefficient (Wildman–Crippen LogP) is 3.40. The molecular weight excluding hydrogens is 250 g/mol. The van der Waals surface area contributed by atoms with E-state index in [0.717, 1.165) is 0 Å². The summed E-state index contributed by atoms with van der Waals surface area (Å²) < 4.78 is 31.5. The van der Waals surface area contributed by atoms with Gasteiger partial charge in [-0.2, -0.15) is 0 Å². The van der Waals surface area contributed by atoms with Gasteiger partial charge >= 0.3 is 0 Å². The quantitative estimate of drug-likeness (QED) is 0.789. The molecule has 0 bridgehead atoms. The van der Waals surface area contributed by atoms with Crippen LogP contribution in [0.1, 0.15) is 15.9 Å². The summed E-state index contributed by atoms with van der Waals surface area (Å²) in [6, 6.07) is 9.81. The summed E-state index contributed by atoms with van der Waals surface area (Å²) in [6.45, 7) is 0. The van der Waals surface area contributed by atoms with E-state index in [1.807, 2.05) is 0 Å². The Bertz CT molecular complexity index is 592. The molecular formula is C15H12F2O2. The fourth-order valence-corrected chi connectivity index (χ4v) is 1.76. The average Bonchev–Trinajstić information content (AvgIpc) is 2.42. The lowest BCUT2D eigenvalue weighted by atomic mass is 10.0. The van der Waals surface area contributed by atoms with Crippen molar-refractivity contribution in [2.45, 2.75) is 6.42 Å². The highest BCUT2D eigenvalue weighted by atomic mass is 19.1. The van der Waals surface area contributed by atoms with Crippen LogP contribution in [-0.2, 0) is 6.42 Å². The molecule has 0 aliphatic heterocycles. The Morgan fingerprint density at radius 3 is 2.42 bits per heavy atom. The van der Waals surface area contributed by atoms with E-state index in [9.17, 15) is 13.6 Å². The lowest BCUT2D eigenvalue weighted by Crippen LogP contribution is -2.06. The molecule has 0 atom stereocenters. The average molecular weight is 262 g/mol. The van der Waals surface area contributed by atoms with E-state index >= 15 is 0 Å². The maximum atomic E-state index is 13.9. The minimum atomic E-state index is -0.541. The van der Waals surface area contributed by atoms with Crippen LogP contribution in [0.15, 0.2) is 42.5 Å². The highest BCUT2D eigenvalue weighted by Gasteiger charge is 2.13. The van der Waals surface area contributed by atoms with E-state index in [2.05, 4.69) is 0 Å². The summed E-state index contributed by atoms with van der Waals surface area (Å²) >= 11 is 0. The molecule has 19 heavy (non-hydrogen) atoms. The number of Topliss-reactive ketones (excluding diaryl/α,β-unsaturated/α-hetero) is 1. The molecule has 0 aliphatic rings. The minimum Gasteiger partial charge on any atom is -0.494 e. The Morgan fingerprint density at radius 1 is 1.11 bits per heavy atom. The molecule has 0 saturated heterocycles. The van der Waals surface area contributed by atoms with Crippen LogP contribution < -0.4 is 4.74 Å². The van der Waals surface area contributed by atoms with E-state index in [4.69, 9.17) is 4.74 Å². The molecule has 4 heteroatoms. The normalized spacial score (nSPS) is 10.3. The van der Waals surface area contributed by atoms with Crippen LogP contribution in [0.3, 0.4) is 0 Å². The van der Waals surface area contributed by atoms with Crippen molar-refractivity contribution in [1.29, 1.82) is 0 Å². The zero-order valence-electron chi connectivity index (χ0n) is 10.3. The third kappa shape index (κ3) is 2.96. The van der Waals surface area contributed by atoms with Gasteiger partial charge < -0.3 is 4.74 Å². The van der Waals surface area contributed by atoms with Gasteiger partial charge in [0.1, 0.15) is 5.82 Å². The predicted molar refractivity (Wildman–Crippen MR) is 67.4 cm³/mol. The third-order valence-corrected chi connectivity index (χ3v) is 2.78. The van der Waals surface area contributed by atoms with Crippen LogP contribution in [0.2, 0.25) is 0 Å². The van der Waals surface area contributed by atoms with Gasteiger partial charge in [0.25, 0.3) is 0 Å². The van der Waals surface area contributed by atoms with Crippen LogP contribution >= 0.6 is 0 Å². The van der Waals surface area contributed by atoms with Crippen LogP contribution in [-0.4, -0.2) is 12.9 Å². The van der Waals surface area contributed by atoms with Gasteiger partial charge in [-0.3, -0.25) is 4.79 Å². The first-order chi connectivity index (χ1) is 9.11. The molecule has 2 rings (SSSR count). The van der Waals surface area contributed by atoms with Crippen molar-refractivity contribution in [3.8, 4) is 5.75 Å². The van der Waals surface area contributed by atoms with Crippen molar-refractivity contribution in [3.63, 3.8) is 0 Å². The second-order valence-electron chi connectivity index (χ2n) is 4.04. The number of ether oxygens (including phenoxy) is 1. The molecule has 0 aliphatic carbocycles. The molecule has 0 N–H and O–H groups in total. The molecule has 0 heterocycles. The first-order valence-corrected chi connectivity index (χ1v) is 5.72. The van der Waals surface area contributed by atoms with Crippen molar-refractivity contribution in [3.05, 3.63) is 65.2 Å². The number of halogens is 2. The number of ketones is 1. The van der Waals surface area contributed by atoms with E-state index in [1.165, 1.54) is 43.5 Å². The number of carbonyl (C=O) groups excluding carboxylic acids is 1. The molecule has 2 aromatic carbocycles. The van der Waals surface area contributed by atoms with Gasteiger partial charge in [0.05, 0.1) is 7.11 Å². The number of hydrogen-bond donors (Lipinski definition) is 0. The van der Waals surface area contributed by atoms with Crippen molar-refractivity contribution >= 4 is 5.78 Å². The number of benzene rings is 2. The van der Waals surface area contributed by atoms with Gasteiger partial charge in [0.15, 0.2) is 17.3 Å². The number of rotatable bonds is 4. The van der Waals surface area contributed by atoms with Crippen molar-refractivity contribution in [1.82, 2.24) is 0 Å². The third-order valence-electron chi connectivity index (χ3n) is 2.78. The van der Waals surface area contributed by atoms with E-state index in [1.54, 1.807) is 6.07 Å². The Hall–Kier alpha value is -2.23. The number of hydrogen-bond acceptors (Lipinski definition) is 2. The van der Waals surface area contributed by atoms with Crippen molar-refractivity contribution in [2.24, 2.45) is 0 Å². The Morgan fingerprint density at radius 2 is 1.79 bits per heavy atom. The smallest absolute Gasteiger partial charge is 0.168 e. The summed E-state index contributed by atoms with van der Waals surface area (Å²) in [6.07, 6.45) is -0.0886. The number of methoxy groups -OCH3 is 1. The maximum absolute atomic E-state index is 13.9. The molecule has 2 aromatic rings. The van der Waals surface area contributed by atoms with Crippen molar-refractivity contribution in [2.75, 3.05) is 7.11 Å². The zero-order chi connectivity index (χ0) is 13.8.